The van der Waals surface area contributed by atoms with Crippen LogP contribution in [0.5, 0.6) is 0 Å². The van der Waals surface area contributed by atoms with E-state index in [2.05, 4.69) is 33.9 Å². The van der Waals surface area contributed by atoms with Crippen LogP contribution in [0.4, 0.5) is 0 Å². The van der Waals surface area contributed by atoms with E-state index >= 15 is 0 Å². The Hall–Kier alpha value is -1.17. The smallest absolute Gasteiger partial charge is 0.310 e. The summed E-state index contributed by atoms with van der Waals surface area (Å²) in [5.41, 5.74) is 1.07. The summed E-state index contributed by atoms with van der Waals surface area (Å²) in [6, 6.07) is 9.95. The lowest BCUT2D eigenvalue weighted by Gasteiger charge is -2.41. The Morgan fingerprint density at radius 2 is 1.83 bits per heavy atom. The third-order valence-electron chi connectivity index (χ3n) is 5.00. The van der Waals surface area contributed by atoms with Crippen LogP contribution in [0.3, 0.4) is 0 Å². The Bertz CT molecular complexity index is 550. The molecule has 3 atom stereocenters. The van der Waals surface area contributed by atoms with E-state index in [4.69, 9.17) is 13.9 Å². The lowest BCUT2D eigenvalue weighted by Crippen LogP contribution is -2.47. The molecule has 134 valence electrons. The van der Waals surface area contributed by atoms with Gasteiger partial charge in [0, 0.05) is 6.42 Å². The predicted octanol–water partition coefficient (Wildman–Crippen LogP) is 4.82. The number of benzene rings is 1. The van der Waals surface area contributed by atoms with Crippen LogP contribution in [0.25, 0.3) is 0 Å². The SMILES string of the molecule is C[C@@H](O[C@@H]1C[C@H](O[Si](C)(C)C(C)(C)C)CC(=O)O1)c1ccccc1. The van der Waals surface area contributed by atoms with Gasteiger partial charge in [-0.2, -0.15) is 0 Å². The molecule has 0 bridgehead atoms. The molecule has 0 radical (unpaired) electrons. The van der Waals surface area contributed by atoms with Crippen molar-refractivity contribution in [3.05, 3.63) is 35.9 Å². The molecular weight excluding hydrogens is 320 g/mol. The van der Waals surface area contributed by atoms with Crippen molar-refractivity contribution in [3.8, 4) is 0 Å². The van der Waals surface area contributed by atoms with Crippen molar-refractivity contribution < 1.29 is 18.7 Å². The van der Waals surface area contributed by atoms with Crippen LogP contribution in [0.2, 0.25) is 18.1 Å². The molecular formula is C19H30O4Si. The molecule has 1 saturated heterocycles. The average molecular weight is 351 g/mol. The normalized spacial score (nSPS) is 23.7. The second-order valence-corrected chi connectivity index (χ2v) is 12.8. The molecule has 5 heteroatoms. The van der Waals surface area contributed by atoms with Crippen molar-refractivity contribution in [3.63, 3.8) is 0 Å². The number of ether oxygens (including phenoxy) is 2. The van der Waals surface area contributed by atoms with E-state index in [0.29, 0.717) is 12.8 Å². The standard InChI is InChI=1S/C19H30O4Si/c1-14(15-10-8-7-9-11-15)21-18-13-16(12-17(20)22-18)23-24(5,6)19(2,3)4/h7-11,14,16,18H,12-13H2,1-6H3/t14-,16-,18+/m1/s1. The molecule has 0 saturated carbocycles. The molecule has 1 aromatic carbocycles. The van der Waals surface area contributed by atoms with Crippen molar-refractivity contribution in [1.82, 2.24) is 0 Å². The summed E-state index contributed by atoms with van der Waals surface area (Å²) in [5.74, 6) is -0.241. The summed E-state index contributed by atoms with van der Waals surface area (Å²) >= 11 is 0. The lowest BCUT2D eigenvalue weighted by atomic mass is 10.1. The minimum absolute atomic E-state index is 0.113. The molecule has 1 heterocycles. The second-order valence-electron chi connectivity index (χ2n) is 8.05. The zero-order chi connectivity index (χ0) is 18.0. The van der Waals surface area contributed by atoms with Crippen molar-refractivity contribution >= 4 is 14.3 Å². The van der Waals surface area contributed by atoms with Crippen molar-refractivity contribution in [2.75, 3.05) is 0 Å². The number of esters is 1. The van der Waals surface area contributed by atoms with Gasteiger partial charge in [-0.3, -0.25) is 4.79 Å². The Labute approximate surface area is 146 Å². The van der Waals surface area contributed by atoms with Gasteiger partial charge in [0.05, 0.1) is 18.6 Å². The third-order valence-corrected chi connectivity index (χ3v) is 9.54. The first-order valence-electron chi connectivity index (χ1n) is 8.66. The zero-order valence-electron chi connectivity index (χ0n) is 15.7. The van der Waals surface area contributed by atoms with Crippen LogP contribution >= 0.6 is 0 Å². The Balaban J connectivity index is 1.99. The van der Waals surface area contributed by atoms with Gasteiger partial charge < -0.3 is 13.9 Å². The quantitative estimate of drug-likeness (QED) is 0.564. The molecule has 1 aromatic rings. The minimum Gasteiger partial charge on any atom is -0.436 e. The highest BCUT2D eigenvalue weighted by Gasteiger charge is 2.42. The zero-order valence-corrected chi connectivity index (χ0v) is 16.7. The number of carbonyl (C=O) groups is 1. The topological polar surface area (TPSA) is 44.8 Å². The Morgan fingerprint density at radius 3 is 2.42 bits per heavy atom. The summed E-state index contributed by atoms with van der Waals surface area (Å²) in [6.45, 7) is 13.0. The fourth-order valence-electron chi connectivity index (χ4n) is 2.52. The first kappa shape index (κ1) is 19.2. The Morgan fingerprint density at radius 1 is 1.21 bits per heavy atom. The molecule has 1 aliphatic rings. The van der Waals surface area contributed by atoms with E-state index in [1.807, 2.05) is 37.3 Å². The first-order chi connectivity index (χ1) is 11.1. The highest BCUT2D eigenvalue weighted by atomic mass is 28.4. The summed E-state index contributed by atoms with van der Waals surface area (Å²) in [5, 5.41) is 0.113. The molecule has 2 rings (SSSR count). The third kappa shape index (κ3) is 4.91. The minimum atomic E-state index is -1.92. The van der Waals surface area contributed by atoms with E-state index in [-0.39, 0.29) is 23.2 Å². The van der Waals surface area contributed by atoms with Crippen LogP contribution in [0.1, 0.15) is 52.2 Å². The summed E-state index contributed by atoms with van der Waals surface area (Å²) in [6.07, 6.45) is 0.105. The number of carbonyl (C=O) groups excluding carboxylic acids is 1. The fourth-order valence-corrected chi connectivity index (χ4v) is 3.89. The molecule has 0 spiro atoms. The van der Waals surface area contributed by atoms with Crippen LogP contribution in [-0.4, -0.2) is 26.7 Å². The highest BCUT2D eigenvalue weighted by molar-refractivity contribution is 6.74. The Kier molecular flexibility index (Phi) is 5.89. The maximum atomic E-state index is 12.0. The predicted molar refractivity (Wildman–Crippen MR) is 97.1 cm³/mol. The molecule has 0 N–H and O–H groups in total. The van der Waals surface area contributed by atoms with E-state index in [0.717, 1.165) is 5.56 Å². The molecule has 1 fully saturated rings. The number of cyclic esters (lactones) is 1. The van der Waals surface area contributed by atoms with Gasteiger partial charge in [-0.1, -0.05) is 51.1 Å². The number of rotatable bonds is 5. The first-order valence-corrected chi connectivity index (χ1v) is 11.6. The molecule has 0 unspecified atom stereocenters. The maximum Gasteiger partial charge on any atom is 0.310 e. The molecule has 1 aliphatic heterocycles. The van der Waals surface area contributed by atoms with Crippen molar-refractivity contribution in [2.24, 2.45) is 0 Å². The van der Waals surface area contributed by atoms with E-state index in [1.165, 1.54) is 0 Å². The fraction of sp³-hybridized carbons (Fsp3) is 0.632. The molecule has 0 aliphatic carbocycles. The van der Waals surface area contributed by atoms with Crippen molar-refractivity contribution in [1.29, 1.82) is 0 Å². The van der Waals surface area contributed by atoms with Crippen LogP contribution in [0.15, 0.2) is 30.3 Å². The second kappa shape index (κ2) is 7.38. The average Bonchev–Trinajstić information content (AvgIpc) is 2.45. The van der Waals surface area contributed by atoms with E-state index in [1.54, 1.807) is 0 Å². The number of hydrogen-bond donors (Lipinski definition) is 0. The molecule has 0 amide bonds. The highest BCUT2D eigenvalue weighted by Crippen LogP contribution is 2.39. The van der Waals surface area contributed by atoms with Gasteiger partial charge in [0.25, 0.3) is 0 Å². The molecule has 4 nitrogen and oxygen atoms in total. The van der Waals surface area contributed by atoms with Gasteiger partial charge in [-0.15, -0.1) is 0 Å². The summed E-state index contributed by atoms with van der Waals surface area (Å²) in [4.78, 5) is 12.0. The lowest BCUT2D eigenvalue weighted by molar-refractivity contribution is -0.209. The van der Waals surface area contributed by atoms with Crippen molar-refractivity contribution in [2.45, 2.75) is 77.2 Å². The largest absolute Gasteiger partial charge is 0.436 e. The monoisotopic (exact) mass is 350 g/mol. The van der Waals surface area contributed by atoms with Crippen LogP contribution in [-0.2, 0) is 18.7 Å². The summed E-state index contributed by atoms with van der Waals surface area (Å²) < 4.78 is 17.7. The van der Waals surface area contributed by atoms with Crippen LogP contribution < -0.4 is 0 Å². The van der Waals surface area contributed by atoms with Gasteiger partial charge in [-0.05, 0) is 30.6 Å². The van der Waals surface area contributed by atoms with Gasteiger partial charge in [0.1, 0.15) is 0 Å². The molecule has 0 aromatic heterocycles. The van der Waals surface area contributed by atoms with Gasteiger partial charge in [0.15, 0.2) is 8.32 Å². The van der Waals surface area contributed by atoms with Gasteiger partial charge in [0.2, 0.25) is 6.29 Å². The van der Waals surface area contributed by atoms with Gasteiger partial charge in [-0.25, -0.2) is 0 Å². The molecule has 24 heavy (non-hydrogen) atoms. The van der Waals surface area contributed by atoms with Crippen LogP contribution in [0, 0.1) is 0 Å². The number of hydrogen-bond acceptors (Lipinski definition) is 4. The summed E-state index contributed by atoms with van der Waals surface area (Å²) in [7, 11) is -1.92. The van der Waals surface area contributed by atoms with E-state index in [9.17, 15) is 4.79 Å². The maximum absolute atomic E-state index is 12.0. The van der Waals surface area contributed by atoms with Gasteiger partial charge >= 0.3 is 5.97 Å². The van der Waals surface area contributed by atoms with E-state index < -0.39 is 14.6 Å².